The maximum absolute atomic E-state index is 5.86. The summed E-state index contributed by atoms with van der Waals surface area (Å²) in [5.74, 6) is 2.34. The lowest BCUT2D eigenvalue weighted by molar-refractivity contribution is 0.489. The molecule has 1 N–H and O–H groups in total. The van der Waals surface area contributed by atoms with Crippen LogP contribution in [0, 0.1) is 12.8 Å². The molecule has 4 nitrogen and oxygen atoms in total. The SMILES string of the molecule is CCCC(CCCl)CNc1cc(C)cc2ncnn12. The van der Waals surface area contributed by atoms with Crippen LogP contribution in [0.25, 0.3) is 5.65 Å². The number of alkyl halides is 1. The number of anilines is 1. The fraction of sp³-hybridized carbons (Fsp3) is 0.571. The molecule has 2 aromatic heterocycles. The van der Waals surface area contributed by atoms with Crippen molar-refractivity contribution in [2.45, 2.75) is 33.1 Å². The van der Waals surface area contributed by atoms with Crippen molar-refractivity contribution < 1.29 is 0 Å². The highest BCUT2D eigenvalue weighted by Gasteiger charge is 2.09. The molecule has 0 amide bonds. The number of halogens is 1. The quantitative estimate of drug-likeness (QED) is 0.790. The van der Waals surface area contributed by atoms with E-state index in [4.69, 9.17) is 11.6 Å². The van der Waals surface area contributed by atoms with Gasteiger partial charge in [-0.2, -0.15) is 9.61 Å². The zero-order valence-electron chi connectivity index (χ0n) is 11.6. The third kappa shape index (κ3) is 3.60. The van der Waals surface area contributed by atoms with Crippen molar-refractivity contribution in [1.29, 1.82) is 0 Å². The molecular weight excluding hydrogens is 260 g/mol. The van der Waals surface area contributed by atoms with Gasteiger partial charge in [0.2, 0.25) is 0 Å². The van der Waals surface area contributed by atoms with Crippen molar-refractivity contribution in [2.24, 2.45) is 5.92 Å². The topological polar surface area (TPSA) is 42.2 Å². The molecule has 0 spiro atoms. The van der Waals surface area contributed by atoms with E-state index in [1.807, 2.05) is 10.6 Å². The van der Waals surface area contributed by atoms with Crippen molar-refractivity contribution in [2.75, 3.05) is 17.7 Å². The first-order valence-corrected chi connectivity index (χ1v) is 7.38. The van der Waals surface area contributed by atoms with Crippen LogP contribution in [0.5, 0.6) is 0 Å². The minimum atomic E-state index is 0.613. The minimum absolute atomic E-state index is 0.613. The Morgan fingerprint density at radius 2 is 2.21 bits per heavy atom. The molecule has 1 unspecified atom stereocenters. The summed E-state index contributed by atoms with van der Waals surface area (Å²) >= 11 is 5.86. The average molecular weight is 281 g/mol. The Bertz CT molecular complexity index is 517. The van der Waals surface area contributed by atoms with Gasteiger partial charge >= 0.3 is 0 Å². The van der Waals surface area contributed by atoms with Crippen LogP contribution in [0.3, 0.4) is 0 Å². The van der Waals surface area contributed by atoms with Crippen LogP contribution in [0.4, 0.5) is 5.82 Å². The number of aryl methyl sites for hydroxylation is 1. The highest BCUT2D eigenvalue weighted by Crippen LogP contribution is 2.16. The predicted octanol–water partition coefficient (Wildman–Crippen LogP) is 3.49. The van der Waals surface area contributed by atoms with Crippen LogP contribution in [0.15, 0.2) is 18.5 Å². The van der Waals surface area contributed by atoms with Gasteiger partial charge in [-0.3, -0.25) is 0 Å². The number of pyridine rings is 1. The molecule has 0 aliphatic carbocycles. The molecule has 2 aromatic rings. The van der Waals surface area contributed by atoms with Crippen molar-refractivity contribution in [3.8, 4) is 0 Å². The van der Waals surface area contributed by atoms with Crippen LogP contribution >= 0.6 is 11.6 Å². The molecule has 2 rings (SSSR count). The largest absolute Gasteiger partial charge is 0.370 e. The van der Waals surface area contributed by atoms with Gasteiger partial charge < -0.3 is 5.32 Å². The fourth-order valence-electron chi connectivity index (χ4n) is 2.34. The van der Waals surface area contributed by atoms with E-state index in [1.54, 1.807) is 6.33 Å². The summed E-state index contributed by atoms with van der Waals surface area (Å²) in [4.78, 5) is 4.23. The highest BCUT2D eigenvalue weighted by molar-refractivity contribution is 6.17. The third-order valence-corrected chi connectivity index (χ3v) is 3.53. The number of aromatic nitrogens is 3. The summed E-state index contributed by atoms with van der Waals surface area (Å²) in [6, 6.07) is 4.13. The first kappa shape index (κ1) is 14.1. The molecule has 0 saturated heterocycles. The van der Waals surface area contributed by atoms with Crippen LogP contribution in [0.2, 0.25) is 0 Å². The van der Waals surface area contributed by atoms with E-state index in [1.165, 1.54) is 18.4 Å². The Morgan fingerprint density at radius 1 is 1.37 bits per heavy atom. The molecule has 0 bridgehead atoms. The molecule has 0 aliphatic rings. The molecule has 5 heteroatoms. The Hall–Kier alpha value is -1.29. The van der Waals surface area contributed by atoms with Gasteiger partial charge in [0.15, 0.2) is 5.65 Å². The van der Waals surface area contributed by atoms with Gasteiger partial charge in [0.1, 0.15) is 12.1 Å². The maximum atomic E-state index is 5.86. The smallest absolute Gasteiger partial charge is 0.157 e. The molecule has 0 radical (unpaired) electrons. The van der Waals surface area contributed by atoms with E-state index >= 15 is 0 Å². The van der Waals surface area contributed by atoms with Gasteiger partial charge in [-0.1, -0.05) is 13.3 Å². The van der Waals surface area contributed by atoms with Crippen molar-refractivity contribution in [3.63, 3.8) is 0 Å². The summed E-state index contributed by atoms with van der Waals surface area (Å²) in [5.41, 5.74) is 2.07. The highest BCUT2D eigenvalue weighted by atomic mass is 35.5. The van der Waals surface area contributed by atoms with E-state index in [-0.39, 0.29) is 0 Å². The van der Waals surface area contributed by atoms with E-state index in [0.717, 1.165) is 30.3 Å². The Balaban J connectivity index is 2.09. The van der Waals surface area contributed by atoms with Crippen LogP contribution in [-0.4, -0.2) is 27.0 Å². The van der Waals surface area contributed by atoms with Crippen molar-refractivity contribution >= 4 is 23.1 Å². The van der Waals surface area contributed by atoms with Crippen molar-refractivity contribution in [1.82, 2.24) is 14.6 Å². The number of fused-ring (bicyclic) bond motifs is 1. The number of rotatable bonds is 7. The van der Waals surface area contributed by atoms with Gasteiger partial charge in [0, 0.05) is 12.4 Å². The lowest BCUT2D eigenvalue weighted by Crippen LogP contribution is -2.16. The molecule has 0 fully saturated rings. The summed E-state index contributed by atoms with van der Waals surface area (Å²) in [5, 5.41) is 7.73. The van der Waals surface area contributed by atoms with Crippen LogP contribution in [0.1, 0.15) is 31.7 Å². The summed E-state index contributed by atoms with van der Waals surface area (Å²) in [6.45, 7) is 5.21. The molecule has 0 aromatic carbocycles. The van der Waals surface area contributed by atoms with Gasteiger partial charge in [-0.25, -0.2) is 4.98 Å². The first-order chi connectivity index (χ1) is 9.24. The molecule has 0 saturated carbocycles. The summed E-state index contributed by atoms with van der Waals surface area (Å²) in [7, 11) is 0. The zero-order chi connectivity index (χ0) is 13.7. The normalized spacial score (nSPS) is 12.8. The monoisotopic (exact) mass is 280 g/mol. The lowest BCUT2D eigenvalue weighted by atomic mass is 10.0. The van der Waals surface area contributed by atoms with Gasteiger partial charge in [-0.05, 0) is 43.4 Å². The Kier molecular flexibility index (Phi) is 5.02. The molecule has 1 atom stereocenters. The molecule has 0 aliphatic heterocycles. The van der Waals surface area contributed by atoms with E-state index in [0.29, 0.717) is 5.92 Å². The van der Waals surface area contributed by atoms with Gasteiger partial charge in [0.05, 0.1) is 0 Å². The predicted molar refractivity (Wildman–Crippen MR) is 79.9 cm³/mol. The summed E-state index contributed by atoms with van der Waals surface area (Å²) in [6.07, 6.45) is 5.03. The third-order valence-electron chi connectivity index (χ3n) is 3.31. The van der Waals surface area contributed by atoms with E-state index in [9.17, 15) is 0 Å². The number of nitrogens with zero attached hydrogens (tertiary/aromatic N) is 3. The van der Waals surface area contributed by atoms with Crippen LogP contribution < -0.4 is 5.32 Å². The van der Waals surface area contributed by atoms with Gasteiger partial charge in [-0.15, -0.1) is 11.6 Å². The molecular formula is C14H21ClN4. The molecule has 19 heavy (non-hydrogen) atoms. The number of nitrogens with one attached hydrogen (secondary N) is 1. The number of hydrogen-bond acceptors (Lipinski definition) is 3. The van der Waals surface area contributed by atoms with E-state index < -0.39 is 0 Å². The minimum Gasteiger partial charge on any atom is -0.370 e. The second kappa shape index (κ2) is 6.75. The molecule has 2 heterocycles. The fourth-order valence-corrected chi connectivity index (χ4v) is 2.65. The summed E-state index contributed by atoms with van der Waals surface area (Å²) < 4.78 is 1.84. The number of hydrogen-bond donors (Lipinski definition) is 1. The Labute approximate surface area is 119 Å². The standard InChI is InChI=1S/C14H21ClN4/c1-3-4-12(5-6-15)9-16-13-7-11(2)8-14-17-10-18-19(13)14/h7-8,10,12,16H,3-6,9H2,1-2H3. The van der Waals surface area contributed by atoms with E-state index in [2.05, 4.69) is 35.3 Å². The second-order valence-corrected chi connectivity index (χ2v) is 5.34. The lowest BCUT2D eigenvalue weighted by Gasteiger charge is -2.17. The Morgan fingerprint density at radius 3 is 2.95 bits per heavy atom. The zero-order valence-corrected chi connectivity index (χ0v) is 12.3. The first-order valence-electron chi connectivity index (χ1n) is 6.84. The average Bonchev–Trinajstić information content (AvgIpc) is 2.84. The van der Waals surface area contributed by atoms with Gasteiger partial charge in [0.25, 0.3) is 0 Å². The molecule has 104 valence electrons. The maximum Gasteiger partial charge on any atom is 0.157 e. The van der Waals surface area contributed by atoms with Crippen LogP contribution in [-0.2, 0) is 0 Å². The second-order valence-electron chi connectivity index (χ2n) is 4.96. The van der Waals surface area contributed by atoms with Crippen molar-refractivity contribution in [3.05, 3.63) is 24.0 Å².